The summed E-state index contributed by atoms with van der Waals surface area (Å²) >= 11 is 1.96. The van der Waals surface area contributed by atoms with Crippen LogP contribution in [0.1, 0.15) is 11.1 Å². The first kappa shape index (κ1) is 21.9. The molecular weight excluding hydrogens is 391 g/mol. The number of aliphatic hydroxyl groups excluding tert-OH is 1. The Morgan fingerprint density at radius 2 is 1.76 bits per heavy atom. The number of aliphatic hydroxyl groups is 1. The van der Waals surface area contributed by atoms with Crippen molar-refractivity contribution in [1.82, 2.24) is 10.2 Å². The van der Waals surface area contributed by atoms with E-state index in [1.165, 1.54) is 12.1 Å². The molecule has 0 radical (unpaired) electrons. The molecule has 2 N–H and O–H groups in total. The average molecular weight is 421 g/mol. The van der Waals surface area contributed by atoms with Crippen LogP contribution in [0.2, 0.25) is 0 Å². The number of nitrogens with one attached hydrogen (secondary N) is 1. The van der Waals surface area contributed by atoms with Gasteiger partial charge >= 0.3 is 0 Å². The number of hydrogen-bond donors (Lipinski definition) is 2. The highest BCUT2D eigenvalue weighted by atomic mass is 32.2. The van der Waals surface area contributed by atoms with Gasteiger partial charge in [-0.15, -0.1) is 0 Å². The Hall–Kier alpha value is -1.80. The van der Waals surface area contributed by atoms with Crippen LogP contribution in [0.15, 0.2) is 42.5 Å². The van der Waals surface area contributed by atoms with Crippen LogP contribution < -0.4 is 14.8 Å². The Labute approximate surface area is 176 Å². The van der Waals surface area contributed by atoms with Gasteiger partial charge in [-0.3, -0.25) is 4.90 Å². The number of benzene rings is 2. The molecule has 0 spiro atoms. The molecular formula is C22H29FN2O3S. The van der Waals surface area contributed by atoms with E-state index in [1.54, 1.807) is 19.2 Å². The van der Waals surface area contributed by atoms with Gasteiger partial charge in [0.25, 0.3) is 0 Å². The van der Waals surface area contributed by atoms with Gasteiger partial charge < -0.3 is 19.9 Å². The van der Waals surface area contributed by atoms with Crippen molar-refractivity contribution >= 4 is 11.8 Å². The van der Waals surface area contributed by atoms with E-state index in [1.807, 2.05) is 30.0 Å². The molecule has 2 aromatic carbocycles. The van der Waals surface area contributed by atoms with E-state index >= 15 is 0 Å². The minimum absolute atomic E-state index is 0.228. The van der Waals surface area contributed by atoms with Crippen LogP contribution >= 0.6 is 11.8 Å². The smallest absolute Gasteiger partial charge is 0.161 e. The number of ether oxygens (including phenoxy) is 2. The third-order valence-corrected chi connectivity index (χ3v) is 5.75. The van der Waals surface area contributed by atoms with Crippen LogP contribution in [0.5, 0.6) is 11.5 Å². The summed E-state index contributed by atoms with van der Waals surface area (Å²) in [6.45, 7) is 4.22. The van der Waals surface area contributed by atoms with Crippen molar-refractivity contribution in [3.05, 3.63) is 59.4 Å². The van der Waals surface area contributed by atoms with Crippen LogP contribution in [0.25, 0.3) is 0 Å². The number of thioether (sulfide) groups is 1. The van der Waals surface area contributed by atoms with Gasteiger partial charge in [-0.05, 0) is 35.4 Å². The lowest BCUT2D eigenvalue weighted by Gasteiger charge is -2.28. The predicted molar refractivity (Wildman–Crippen MR) is 115 cm³/mol. The van der Waals surface area contributed by atoms with E-state index < -0.39 is 6.10 Å². The highest BCUT2D eigenvalue weighted by Gasteiger charge is 2.16. The summed E-state index contributed by atoms with van der Waals surface area (Å²) < 4.78 is 24.2. The van der Waals surface area contributed by atoms with Gasteiger partial charge in [-0.2, -0.15) is 11.8 Å². The number of β-amino-alcohol motifs (C(OH)–C–C–N with tert-alkyl or cyclic N) is 1. The SMILES string of the molecule is COc1cc(CNCc2ccc(F)cc2)ccc1OC[C@H](O)CN1CCSCC1. The van der Waals surface area contributed by atoms with Gasteiger partial charge in [0, 0.05) is 44.2 Å². The lowest BCUT2D eigenvalue weighted by Crippen LogP contribution is -2.40. The van der Waals surface area contributed by atoms with Gasteiger partial charge in [0.05, 0.1) is 7.11 Å². The molecule has 5 nitrogen and oxygen atoms in total. The van der Waals surface area contributed by atoms with Crippen LogP contribution in [-0.2, 0) is 13.1 Å². The Kier molecular flexibility index (Phi) is 8.61. The quantitative estimate of drug-likeness (QED) is 0.617. The Balaban J connectivity index is 1.46. The van der Waals surface area contributed by atoms with Gasteiger partial charge in [-0.25, -0.2) is 4.39 Å². The van der Waals surface area contributed by atoms with Crippen molar-refractivity contribution in [3.63, 3.8) is 0 Å². The zero-order valence-corrected chi connectivity index (χ0v) is 17.6. The number of methoxy groups -OCH3 is 1. The molecule has 0 bridgehead atoms. The van der Waals surface area contributed by atoms with E-state index in [0.717, 1.165) is 35.7 Å². The normalized spacial score (nSPS) is 15.8. The van der Waals surface area contributed by atoms with Crippen LogP contribution in [0.4, 0.5) is 4.39 Å². The fraction of sp³-hybridized carbons (Fsp3) is 0.455. The molecule has 158 valence electrons. The molecule has 2 aromatic rings. The summed E-state index contributed by atoms with van der Waals surface area (Å²) in [7, 11) is 1.61. The van der Waals surface area contributed by atoms with E-state index in [-0.39, 0.29) is 12.4 Å². The van der Waals surface area contributed by atoms with E-state index in [0.29, 0.717) is 31.1 Å². The van der Waals surface area contributed by atoms with Crippen LogP contribution in [0.3, 0.4) is 0 Å². The van der Waals surface area contributed by atoms with Crippen molar-refractivity contribution in [2.24, 2.45) is 0 Å². The monoisotopic (exact) mass is 420 g/mol. The molecule has 1 saturated heterocycles. The lowest BCUT2D eigenvalue weighted by molar-refractivity contribution is 0.0705. The third kappa shape index (κ3) is 7.19. The van der Waals surface area contributed by atoms with Gasteiger partial charge in [-0.1, -0.05) is 18.2 Å². The minimum Gasteiger partial charge on any atom is -0.493 e. The maximum atomic E-state index is 13.0. The Morgan fingerprint density at radius 1 is 1.07 bits per heavy atom. The van der Waals surface area contributed by atoms with Crippen molar-refractivity contribution in [3.8, 4) is 11.5 Å². The second-order valence-electron chi connectivity index (χ2n) is 7.09. The van der Waals surface area contributed by atoms with E-state index in [2.05, 4.69) is 10.2 Å². The molecule has 0 unspecified atom stereocenters. The van der Waals surface area contributed by atoms with Crippen molar-refractivity contribution in [2.45, 2.75) is 19.2 Å². The fourth-order valence-electron chi connectivity index (χ4n) is 3.22. The zero-order chi connectivity index (χ0) is 20.5. The van der Waals surface area contributed by atoms with Crippen LogP contribution in [-0.4, -0.2) is 61.0 Å². The first-order valence-corrected chi connectivity index (χ1v) is 11.0. The van der Waals surface area contributed by atoms with E-state index in [4.69, 9.17) is 9.47 Å². The topological polar surface area (TPSA) is 54.0 Å². The van der Waals surface area contributed by atoms with Gasteiger partial charge in [0.2, 0.25) is 0 Å². The standard InChI is InChI=1S/C22H29FN2O3S/c1-27-22-12-18(14-24-13-17-2-5-19(23)6-3-17)4-7-21(22)28-16-20(26)15-25-8-10-29-11-9-25/h2-7,12,20,24,26H,8-11,13-16H2,1H3/t20-/m1/s1. The minimum atomic E-state index is -0.528. The molecule has 1 aliphatic rings. The van der Waals surface area contributed by atoms with Gasteiger partial charge in [0.15, 0.2) is 11.5 Å². The molecule has 0 aliphatic carbocycles. The molecule has 3 rings (SSSR count). The molecule has 1 heterocycles. The zero-order valence-electron chi connectivity index (χ0n) is 16.8. The van der Waals surface area contributed by atoms with Crippen molar-refractivity contribution in [2.75, 3.05) is 44.9 Å². The van der Waals surface area contributed by atoms with Crippen molar-refractivity contribution < 1.29 is 19.0 Å². The number of rotatable bonds is 10. The molecule has 0 amide bonds. The lowest BCUT2D eigenvalue weighted by atomic mass is 10.2. The third-order valence-electron chi connectivity index (χ3n) is 4.80. The maximum absolute atomic E-state index is 13.0. The summed E-state index contributed by atoms with van der Waals surface area (Å²) in [6.07, 6.45) is -0.528. The number of hydrogen-bond acceptors (Lipinski definition) is 6. The molecule has 7 heteroatoms. The Bertz CT molecular complexity index is 754. The summed E-state index contributed by atoms with van der Waals surface area (Å²) in [5, 5.41) is 13.6. The first-order chi connectivity index (χ1) is 14.1. The largest absolute Gasteiger partial charge is 0.493 e. The van der Waals surface area contributed by atoms with Crippen molar-refractivity contribution in [1.29, 1.82) is 0 Å². The van der Waals surface area contributed by atoms with Crippen LogP contribution in [0, 0.1) is 5.82 Å². The number of halogens is 1. The number of nitrogens with zero attached hydrogens (tertiary/aromatic N) is 1. The Morgan fingerprint density at radius 3 is 2.48 bits per heavy atom. The summed E-state index contributed by atoms with van der Waals surface area (Å²) in [5.74, 6) is 3.29. The fourth-order valence-corrected chi connectivity index (χ4v) is 4.19. The second kappa shape index (κ2) is 11.4. The highest BCUT2D eigenvalue weighted by molar-refractivity contribution is 7.99. The van der Waals surface area contributed by atoms with E-state index in [9.17, 15) is 9.50 Å². The second-order valence-corrected chi connectivity index (χ2v) is 8.32. The molecule has 0 saturated carbocycles. The summed E-state index contributed by atoms with van der Waals surface area (Å²) in [6, 6.07) is 12.3. The molecule has 29 heavy (non-hydrogen) atoms. The highest BCUT2D eigenvalue weighted by Crippen LogP contribution is 2.28. The average Bonchev–Trinajstić information content (AvgIpc) is 2.75. The molecule has 1 atom stereocenters. The predicted octanol–water partition coefficient (Wildman–Crippen LogP) is 2.91. The maximum Gasteiger partial charge on any atom is 0.161 e. The first-order valence-electron chi connectivity index (χ1n) is 9.87. The molecule has 1 aliphatic heterocycles. The summed E-state index contributed by atoms with van der Waals surface area (Å²) in [4.78, 5) is 2.28. The molecule has 0 aromatic heterocycles. The molecule has 1 fully saturated rings. The summed E-state index contributed by atoms with van der Waals surface area (Å²) in [5.41, 5.74) is 2.09. The van der Waals surface area contributed by atoms with Gasteiger partial charge in [0.1, 0.15) is 18.5 Å².